The van der Waals surface area contributed by atoms with E-state index in [1.54, 1.807) is 17.0 Å². The van der Waals surface area contributed by atoms with Crippen molar-refractivity contribution in [3.05, 3.63) is 71.8 Å². The standard InChI is InChI=1S/C28H35N3O3/c32-25-20-30(26(33)24-11-5-2-6-12-24)17-18-31(25)22-28(34)15-16-29(19-23-9-3-1-4-10-23)21-27(28)13-7-8-14-27/h1-6,9-12,34H,7-8,13-22H2. The van der Waals surface area contributed by atoms with Crippen molar-refractivity contribution in [3.63, 3.8) is 0 Å². The maximum absolute atomic E-state index is 13.1. The van der Waals surface area contributed by atoms with Crippen LogP contribution >= 0.6 is 0 Å². The van der Waals surface area contributed by atoms with E-state index in [9.17, 15) is 14.7 Å². The van der Waals surface area contributed by atoms with Crippen molar-refractivity contribution in [2.24, 2.45) is 5.41 Å². The van der Waals surface area contributed by atoms with Crippen LogP contribution in [0.1, 0.15) is 48.0 Å². The summed E-state index contributed by atoms with van der Waals surface area (Å²) in [6.45, 7) is 4.03. The Morgan fingerprint density at radius 3 is 2.24 bits per heavy atom. The summed E-state index contributed by atoms with van der Waals surface area (Å²) in [6, 6.07) is 19.7. The molecule has 2 saturated heterocycles. The van der Waals surface area contributed by atoms with Gasteiger partial charge in [0.15, 0.2) is 0 Å². The highest BCUT2D eigenvalue weighted by atomic mass is 16.3. The highest BCUT2D eigenvalue weighted by Crippen LogP contribution is 2.51. The molecule has 2 aliphatic heterocycles. The molecule has 0 aromatic heterocycles. The topological polar surface area (TPSA) is 64.1 Å². The average molecular weight is 462 g/mol. The number of hydrogen-bond acceptors (Lipinski definition) is 4. The first-order valence-electron chi connectivity index (χ1n) is 12.6. The number of likely N-dealkylation sites (tertiary alicyclic amines) is 1. The molecule has 1 aliphatic carbocycles. The van der Waals surface area contributed by atoms with Crippen LogP contribution in [0.5, 0.6) is 0 Å². The Balaban J connectivity index is 1.25. The molecule has 6 nitrogen and oxygen atoms in total. The Morgan fingerprint density at radius 2 is 1.56 bits per heavy atom. The SMILES string of the molecule is O=C1CN(C(=O)c2ccccc2)CCN1CC1(O)CCN(Cc2ccccc2)CC12CCCC2. The summed E-state index contributed by atoms with van der Waals surface area (Å²) in [7, 11) is 0. The van der Waals surface area contributed by atoms with Crippen molar-refractivity contribution in [1.29, 1.82) is 0 Å². The van der Waals surface area contributed by atoms with Gasteiger partial charge in [0, 0.05) is 43.7 Å². The number of amides is 2. The summed E-state index contributed by atoms with van der Waals surface area (Å²) in [5.41, 5.74) is 0.864. The maximum atomic E-state index is 13.1. The second-order valence-electron chi connectivity index (χ2n) is 10.4. The molecular weight excluding hydrogens is 426 g/mol. The zero-order chi connectivity index (χ0) is 23.6. The van der Waals surface area contributed by atoms with Crippen molar-refractivity contribution in [2.45, 2.75) is 44.2 Å². The molecule has 2 aromatic carbocycles. The van der Waals surface area contributed by atoms with Crippen LogP contribution in [-0.4, -0.2) is 76.5 Å². The summed E-state index contributed by atoms with van der Waals surface area (Å²) in [4.78, 5) is 31.8. The van der Waals surface area contributed by atoms with E-state index in [0.29, 0.717) is 31.6 Å². The second kappa shape index (κ2) is 9.51. The lowest BCUT2D eigenvalue weighted by molar-refractivity contribution is -0.162. The third-order valence-electron chi connectivity index (χ3n) is 8.24. The minimum absolute atomic E-state index is 0.0659. The fourth-order valence-corrected chi connectivity index (χ4v) is 6.29. The number of carbonyl (C=O) groups is 2. The van der Waals surface area contributed by atoms with Crippen LogP contribution in [0.25, 0.3) is 0 Å². The predicted molar refractivity (Wildman–Crippen MR) is 131 cm³/mol. The number of nitrogens with zero attached hydrogens (tertiary/aromatic N) is 3. The molecule has 1 atom stereocenters. The maximum Gasteiger partial charge on any atom is 0.254 e. The molecule has 6 heteroatoms. The third-order valence-corrected chi connectivity index (χ3v) is 8.24. The van der Waals surface area contributed by atoms with Gasteiger partial charge in [0.2, 0.25) is 5.91 Å². The lowest BCUT2D eigenvalue weighted by Crippen LogP contribution is -2.65. The first-order chi connectivity index (χ1) is 16.5. The Hall–Kier alpha value is -2.70. The highest BCUT2D eigenvalue weighted by Gasteiger charge is 2.55. The first-order valence-corrected chi connectivity index (χ1v) is 12.6. The molecule has 3 aliphatic rings. The Labute approximate surface area is 202 Å². The molecule has 1 unspecified atom stereocenters. The smallest absolute Gasteiger partial charge is 0.254 e. The van der Waals surface area contributed by atoms with Crippen LogP contribution < -0.4 is 0 Å². The molecule has 5 rings (SSSR count). The van der Waals surface area contributed by atoms with E-state index in [0.717, 1.165) is 45.3 Å². The lowest BCUT2D eigenvalue weighted by atomic mass is 9.65. The van der Waals surface area contributed by atoms with Gasteiger partial charge in [-0.25, -0.2) is 0 Å². The molecule has 1 N–H and O–H groups in total. The molecule has 0 bridgehead atoms. The number of aliphatic hydroxyl groups is 1. The molecule has 2 heterocycles. The largest absolute Gasteiger partial charge is 0.387 e. The van der Waals surface area contributed by atoms with E-state index in [-0.39, 0.29) is 23.8 Å². The highest BCUT2D eigenvalue weighted by molar-refractivity contribution is 5.97. The van der Waals surface area contributed by atoms with Gasteiger partial charge in [-0.1, -0.05) is 61.4 Å². The Morgan fingerprint density at radius 1 is 0.882 bits per heavy atom. The zero-order valence-electron chi connectivity index (χ0n) is 19.9. The average Bonchev–Trinajstić information content (AvgIpc) is 3.34. The number of β-amino-alcohol motifs (C(OH)–C–C–N with tert-alkyl or cyclic N) is 1. The molecular formula is C28H35N3O3. The van der Waals surface area contributed by atoms with Gasteiger partial charge in [0.05, 0.1) is 12.1 Å². The number of carbonyl (C=O) groups excluding carboxylic acids is 2. The first kappa shape index (κ1) is 23.1. The lowest BCUT2D eigenvalue weighted by Gasteiger charge is -2.54. The van der Waals surface area contributed by atoms with Crippen LogP contribution in [0, 0.1) is 5.41 Å². The van der Waals surface area contributed by atoms with Crippen molar-refractivity contribution in [3.8, 4) is 0 Å². The van der Waals surface area contributed by atoms with Gasteiger partial charge in [0.1, 0.15) is 6.54 Å². The molecule has 2 aromatic rings. The van der Waals surface area contributed by atoms with Crippen LogP contribution in [0.2, 0.25) is 0 Å². The van der Waals surface area contributed by atoms with Gasteiger partial charge in [-0.15, -0.1) is 0 Å². The van der Waals surface area contributed by atoms with Crippen LogP contribution in [0.15, 0.2) is 60.7 Å². The van der Waals surface area contributed by atoms with Crippen molar-refractivity contribution >= 4 is 11.8 Å². The van der Waals surface area contributed by atoms with E-state index in [1.807, 2.05) is 29.2 Å². The van der Waals surface area contributed by atoms with E-state index in [4.69, 9.17) is 0 Å². The molecule has 34 heavy (non-hydrogen) atoms. The van der Waals surface area contributed by atoms with Crippen molar-refractivity contribution in [1.82, 2.24) is 14.7 Å². The molecule has 1 spiro atoms. The van der Waals surface area contributed by atoms with Crippen LogP contribution in [0.4, 0.5) is 0 Å². The Bertz CT molecular complexity index is 1010. The second-order valence-corrected chi connectivity index (χ2v) is 10.4. The predicted octanol–water partition coefficient (Wildman–Crippen LogP) is 3.17. The number of benzene rings is 2. The Kier molecular flexibility index (Phi) is 6.45. The quantitative estimate of drug-likeness (QED) is 0.743. The summed E-state index contributed by atoms with van der Waals surface area (Å²) >= 11 is 0. The van der Waals surface area contributed by atoms with E-state index >= 15 is 0 Å². The number of rotatable bonds is 5. The third kappa shape index (κ3) is 4.49. The van der Waals surface area contributed by atoms with E-state index in [2.05, 4.69) is 29.2 Å². The van der Waals surface area contributed by atoms with Crippen LogP contribution in [0.3, 0.4) is 0 Å². The summed E-state index contributed by atoms with van der Waals surface area (Å²) < 4.78 is 0. The van der Waals surface area contributed by atoms with Gasteiger partial charge >= 0.3 is 0 Å². The van der Waals surface area contributed by atoms with Gasteiger partial charge in [-0.3, -0.25) is 14.5 Å². The molecule has 1 saturated carbocycles. The molecule has 180 valence electrons. The van der Waals surface area contributed by atoms with Gasteiger partial charge in [-0.05, 0) is 37.0 Å². The fraction of sp³-hybridized carbons (Fsp3) is 0.500. The number of piperidine rings is 1. The van der Waals surface area contributed by atoms with Gasteiger partial charge < -0.3 is 14.9 Å². The molecule has 2 amide bonds. The van der Waals surface area contributed by atoms with Crippen molar-refractivity contribution < 1.29 is 14.7 Å². The molecule has 0 radical (unpaired) electrons. The minimum atomic E-state index is -0.877. The summed E-state index contributed by atoms with van der Waals surface area (Å²) in [6.07, 6.45) is 4.96. The van der Waals surface area contributed by atoms with Crippen molar-refractivity contribution in [2.75, 3.05) is 39.3 Å². The minimum Gasteiger partial charge on any atom is -0.387 e. The zero-order valence-corrected chi connectivity index (χ0v) is 19.9. The normalized spacial score (nSPS) is 25.1. The number of piperazine rings is 1. The monoisotopic (exact) mass is 461 g/mol. The van der Waals surface area contributed by atoms with E-state index < -0.39 is 5.60 Å². The number of hydrogen-bond donors (Lipinski definition) is 1. The van der Waals surface area contributed by atoms with E-state index in [1.165, 1.54) is 5.56 Å². The van der Waals surface area contributed by atoms with Gasteiger partial charge in [-0.2, -0.15) is 0 Å². The van der Waals surface area contributed by atoms with Crippen LogP contribution in [-0.2, 0) is 11.3 Å². The fourth-order valence-electron chi connectivity index (χ4n) is 6.29. The molecule has 3 fully saturated rings. The summed E-state index contributed by atoms with van der Waals surface area (Å²) in [5.74, 6) is -0.169. The summed E-state index contributed by atoms with van der Waals surface area (Å²) in [5, 5.41) is 12.0. The van der Waals surface area contributed by atoms with Gasteiger partial charge in [0.25, 0.3) is 5.91 Å².